The van der Waals surface area contributed by atoms with E-state index in [1.165, 1.54) is 0 Å². The van der Waals surface area contributed by atoms with E-state index < -0.39 is 0 Å². The molecule has 0 aromatic heterocycles. The molecule has 1 fully saturated rings. The topological polar surface area (TPSA) is 46.6 Å². The molecular formula is C13H15NO3. The summed E-state index contributed by atoms with van der Waals surface area (Å²) in [5, 5.41) is 0. The number of hydrogen-bond donors (Lipinski definition) is 0. The van der Waals surface area contributed by atoms with E-state index in [9.17, 15) is 9.59 Å². The fourth-order valence-corrected chi connectivity index (χ4v) is 1.63. The Labute approximate surface area is 100 Å². The van der Waals surface area contributed by atoms with Crippen LogP contribution in [0.2, 0.25) is 0 Å². The van der Waals surface area contributed by atoms with Crippen LogP contribution >= 0.6 is 0 Å². The minimum Gasteiger partial charge on any atom is -0.461 e. The minimum atomic E-state index is -0.256. The van der Waals surface area contributed by atoms with E-state index in [1.807, 2.05) is 30.3 Å². The summed E-state index contributed by atoms with van der Waals surface area (Å²) >= 11 is 0. The number of carbonyl (C=O) groups is 2. The van der Waals surface area contributed by atoms with Crippen molar-refractivity contribution in [2.45, 2.75) is 19.4 Å². The van der Waals surface area contributed by atoms with Crippen molar-refractivity contribution >= 4 is 11.9 Å². The molecule has 0 N–H and O–H groups in total. The standard InChI is InChI=1S/C13H15NO3/c15-12-6-8-14(12)9-7-13(16)17-10-11-4-2-1-3-5-11/h1-5H,6-10H2. The van der Waals surface area contributed by atoms with Crippen LogP contribution in [0.1, 0.15) is 18.4 Å². The number of amides is 1. The number of benzene rings is 1. The van der Waals surface area contributed by atoms with Crippen molar-refractivity contribution in [3.63, 3.8) is 0 Å². The Kier molecular flexibility index (Phi) is 3.75. The number of carbonyl (C=O) groups excluding carboxylic acids is 2. The van der Waals surface area contributed by atoms with E-state index in [1.54, 1.807) is 4.90 Å². The maximum atomic E-state index is 11.4. The van der Waals surface area contributed by atoms with Gasteiger partial charge in [0.05, 0.1) is 6.42 Å². The number of ether oxygens (including phenoxy) is 1. The highest BCUT2D eigenvalue weighted by molar-refractivity contribution is 5.82. The molecule has 0 spiro atoms. The van der Waals surface area contributed by atoms with Crippen molar-refractivity contribution < 1.29 is 14.3 Å². The minimum absolute atomic E-state index is 0.126. The zero-order valence-electron chi connectivity index (χ0n) is 9.59. The third-order valence-corrected chi connectivity index (χ3v) is 2.78. The normalized spacial score (nSPS) is 14.4. The van der Waals surface area contributed by atoms with Gasteiger partial charge in [-0.1, -0.05) is 30.3 Å². The molecule has 0 aliphatic carbocycles. The van der Waals surface area contributed by atoms with Gasteiger partial charge in [0.25, 0.3) is 0 Å². The van der Waals surface area contributed by atoms with Gasteiger partial charge in [-0.25, -0.2) is 0 Å². The quantitative estimate of drug-likeness (QED) is 0.569. The maximum Gasteiger partial charge on any atom is 0.307 e. The number of nitrogens with zero attached hydrogens (tertiary/aromatic N) is 1. The van der Waals surface area contributed by atoms with Crippen molar-refractivity contribution in [2.24, 2.45) is 0 Å². The number of β-lactam (4-membered cyclic amide) rings is 1. The SMILES string of the molecule is O=C(CCN1CCC1=O)OCc1ccccc1. The molecule has 0 saturated carbocycles. The van der Waals surface area contributed by atoms with Crippen molar-refractivity contribution in [3.8, 4) is 0 Å². The predicted molar refractivity (Wildman–Crippen MR) is 62.1 cm³/mol. The van der Waals surface area contributed by atoms with Crippen LogP contribution < -0.4 is 0 Å². The predicted octanol–water partition coefficient (Wildman–Crippen LogP) is 1.35. The second-order valence-corrected chi connectivity index (χ2v) is 4.03. The monoisotopic (exact) mass is 233 g/mol. The zero-order chi connectivity index (χ0) is 12.1. The average molecular weight is 233 g/mol. The van der Waals surface area contributed by atoms with Gasteiger partial charge in [0.2, 0.25) is 5.91 Å². The first-order chi connectivity index (χ1) is 8.25. The van der Waals surface area contributed by atoms with Crippen molar-refractivity contribution in [2.75, 3.05) is 13.1 Å². The van der Waals surface area contributed by atoms with Gasteiger partial charge in [0.1, 0.15) is 6.61 Å². The lowest BCUT2D eigenvalue weighted by atomic mass is 10.2. The third-order valence-electron chi connectivity index (χ3n) is 2.78. The van der Waals surface area contributed by atoms with Crippen LogP contribution in [-0.4, -0.2) is 29.9 Å². The third kappa shape index (κ3) is 3.31. The molecule has 0 atom stereocenters. The first kappa shape index (κ1) is 11.6. The fraction of sp³-hybridized carbons (Fsp3) is 0.385. The van der Waals surface area contributed by atoms with Gasteiger partial charge in [0, 0.05) is 19.5 Å². The summed E-state index contributed by atoms with van der Waals surface area (Å²) < 4.78 is 5.11. The van der Waals surface area contributed by atoms with E-state index in [4.69, 9.17) is 4.74 Å². The van der Waals surface area contributed by atoms with Crippen LogP contribution in [-0.2, 0) is 20.9 Å². The molecule has 17 heavy (non-hydrogen) atoms. The summed E-state index contributed by atoms with van der Waals surface area (Å²) in [6.07, 6.45) is 0.887. The molecule has 0 radical (unpaired) electrons. The Balaban J connectivity index is 1.66. The molecule has 4 heteroatoms. The number of rotatable bonds is 5. The van der Waals surface area contributed by atoms with E-state index in [2.05, 4.69) is 0 Å². The molecular weight excluding hydrogens is 218 g/mol. The fourth-order valence-electron chi connectivity index (χ4n) is 1.63. The zero-order valence-corrected chi connectivity index (χ0v) is 9.59. The number of likely N-dealkylation sites (tertiary alicyclic amines) is 1. The highest BCUT2D eigenvalue weighted by atomic mass is 16.5. The summed E-state index contributed by atoms with van der Waals surface area (Å²) in [6.45, 7) is 1.55. The van der Waals surface area contributed by atoms with Crippen LogP contribution in [0.4, 0.5) is 0 Å². The number of hydrogen-bond acceptors (Lipinski definition) is 3. The highest BCUT2D eigenvalue weighted by Gasteiger charge is 2.23. The lowest BCUT2D eigenvalue weighted by molar-refractivity contribution is -0.147. The summed E-state index contributed by atoms with van der Waals surface area (Å²) in [7, 11) is 0. The van der Waals surface area contributed by atoms with E-state index in [0.29, 0.717) is 19.6 Å². The Bertz CT molecular complexity index is 402. The molecule has 1 aromatic carbocycles. The van der Waals surface area contributed by atoms with Crippen LogP contribution in [0, 0.1) is 0 Å². The molecule has 1 aliphatic rings. The first-order valence-electron chi connectivity index (χ1n) is 5.73. The molecule has 1 saturated heterocycles. The Morgan fingerprint density at radius 2 is 2.06 bits per heavy atom. The largest absolute Gasteiger partial charge is 0.461 e. The van der Waals surface area contributed by atoms with Gasteiger partial charge >= 0.3 is 5.97 Å². The lowest BCUT2D eigenvalue weighted by Gasteiger charge is -2.30. The van der Waals surface area contributed by atoms with Crippen molar-refractivity contribution in [3.05, 3.63) is 35.9 Å². The van der Waals surface area contributed by atoms with Gasteiger partial charge in [0.15, 0.2) is 0 Å². The molecule has 90 valence electrons. The number of esters is 1. The summed E-state index contributed by atoms with van der Waals surface area (Å²) in [5.41, 5.74) is 0.973. The second kappa shape index (κ2) is 5.48. The Morgan fingerprint density at radius 1 is 1.29 bits per heavy atom. The summed E-state index contributed by atoms with van der Waals surface area (Å²) in [4.78, 5) is 24.1. The van der Waals surface area contributed by atoms with Gasteiger partial charge in [-0.2, -0.15) is 0 Å². The lowest BCUT2D eigenvalue weighted by Crippen LogP contribution is -2.44. The highest BCUT2D eigenvalue weighted by Crippen LogP contribution is 2.09. The van der Waals surface area contributed by atoms with Crippen molar-refractivity contribution in [1.82, 2.24) is 4.90 Å². The van der Waals surface area contributed by atoms with Crippen molar-refractivity contribution in [1.29, 1.82) is 0 Å². The molecule has 1 aliphatic heterocycles. The molecule has 1 amide bonds. The first-order valence-corrected chi connectivity index (χ1v) is 5.73. The molecule has 1 aromatic rings. The van der Waals surface area contributed by atoms with Crippen LogP contribution in [0.15, 0.2) is 30.3 Å². The van der Waals surface area contributed by atoms with Gasteiger partial charge < -0.3 is 9.64 Å². The van der Waals surface area contributed by atoms with Crippen LogP contribution in [0.3, 0.4) is 0 Å². The van der Waals surface area contributed by atoms with E-state index in [0.717, 1.165) is 12.1 Å². The second-order valence-electron chi connectivity index (χ2n) is 4.03. The molecule has 4 nitrogen and oxygen atoms in total. The molecule has 1 heterocycles. The van der Waals surface area contributed by atoms with Gasteiger partial charge in [-0.3, -0.25) is 9.59 Å². The van der Waals surface area contributed by atoms with Crippen LogP contribution in [0.25, 0.3) is 0 Å². The molecule has 0 unspecified atom stereocenters. The summed E-state index contributed by atoms with van der Waals surface area (Å²) in [5.74, 6) is -0.130. The van der Waals surface area contributed by atoms with E-state index >= 15 is 0 Å². The average Bonchev–Trinajstić information content (AvgIpc) is 2.36. The van der Waals surface area contributed by atoms with E-state index in [-0.39, 0.29) is 18.3 Å². The Hall–Kier alpha value is -1.84. The smallest absolute Gasteiger partial charge is 0.307 e. The maximum absolute atomic E-state index is 11.4. The van der Waals surface area contributed by atoms with Gasteiger partial charge in [-0.15, -0.1) is 0 Å². The van der Waals surface area contributed by atoms with Gasteiger partial charge in [-0.05, 0) is 5.56 Å². The van der Waals surface area contributed by atoms with Crippen LogP contribution in [0.5, 0.6) is 0 Å². The molecule has 2 rings (SSSR count). The Morgan fingerprint density at radius 3 is 2.65 bits per heavy atom. The summed E-state index contributed by atoms with van der Waals surface area (Å²) in [6, 6.07) is 9.54. The molecule has 0 bridgehead atoms.